The Morgan fingerprint density at radius 1 is 1.14 bits per heavy atom. The Morgan fingerprint density at radius 2 is 1.95 bits per heavy atom. The number of nitriles is 1. The summed E-state index contributed by atoms with van der Waals surface area (Å²) in [5.41, 5.74) is 2.56. The zero-order valence-electron chi connectivity index (χ0n) is 23.9. The van der Waals surface area contributed by atoms with Crippen LogP contribution < -0.4 is 10.2 Å². The molecule has 222 valence electrons. The largest absolute Gasteiger partial charge is 0.443 e. The molecular formula is C31H33N7O5. The van der Waals surface area contributed by atoms with E-state index in [1.807, 2.05) is 11.6 Å². The third kappa shape index (κ3) is 4.16. The number of carbonyl (C=O) groups is 3. The van der Waals surface area contributed by atoms with Gasteiger partial charge in [-0.1, -0.05) is 0 Å². The van der Waals surface area contributed by atoms with Crippen LogP contribution in [0.3, 0.4) is 0 Å². The van der Waals surface area contributed by atoms with Crippen molar-refractivity contribution in [3.05, 3.63) is 41.4 Å². The van der Waals surface area contributed by atoms with E-state index >= 15 is 0 Å². The van der Waals surface area contributed by atoms with Crippen molar-refractivity contribution in [1.82, 2.24) is 25.0 Å². The summed E-state index contributed by atoms with van der Waals surface area (Å²) in [6, 6.07) is 6.03. The lowest BCUT2D eigenvalue weighted by Crippen LogP contribution is -2.56. The average Bonchev–Trinajstić information content (AvgIpc) is 3.88. The number of hydrogen-bond donors (Lipinski definition) is 1. The zero-order chi connectivity index (χ0) is 29.4. The summed E-state index contributed by atoms with van der Waals surface area (Å²) in [7, 11) is 0. The van der Waals surface area contributed by atoms with Crippen molar-refractivity contribution in [3.63, 3.8) is 0 Å². The third-order valence-corrected chi connectivity index (χ3v) is 9.95. The maximum Gasteiger partial charge on any atom is 0.276 e. The highest BCUT2D eigenvalue weighted by atomic mass is 16.5. The molecule has 8 rings (SSSR count). The highest BCUT2D eigenvalue weighted by Gasteiger charge is 2.57. The predicted octanol–water partition coefficient (Wildman–Crippen LogP) is 3.16. The third-order valence-electron chi connectivity index (χ3n) is 9.95. The molecule has 5 aliphatic rings. The van der Waals surface area contributed by atoms with E-state index in [2.05, 4.69) is 16.4 Å². The molecule has 0 bridgehead atoms. The van der Waals surface area contributed by atoms with Gasteiger partial charge in [-0.15, -0.1) is 0 Å². The van der Waals surface area contributed by atoms with Gasteiger partial charge in [-0.05, 0) is 75.5 Å². The van der Waals surface area contributed by atoms with Crippen LogP contribution in [0.5, 0.6) is 0 Å². The summed E-state index contributed by atoms with van der Waals surface area (Å²) in [5, 5.41) is 18.0. The lowest BCUT2D eigenvalue weighted by molar-refractivity contribution is -0.121. The quantitative estimate of drug-likeness (QED) is 0.466. The van der Waals surface area contributed by atoms with Crippen molar-refractivity contribution in [1.29, 1.82) is 5.26 Å². The van der Waals surface area contributed by atoms with Crippen LogP contribution in [0.2, 0.25) is 0 Å². The van der Waals surface area contributed by atoms with E-state index in [1.54, 1.807) is 28.0 Å². The van der Waals surface area contributed by atoms with Crippen molar-refractivity contribution in [2.75, 3.05) is 24.7 Å². The summed E-state index contributed by atoms with van der Waals surface area (Å²) in [6.07, 6.45) is 6.17. The second-order valence-corrected chi connectivity index (χ2v) is 12.5. The molecule has 0 radical (unpaired) electrons. The van der Waals surface area contributed by atoms with Gasteiger partial charge in [0.15, 0.2) is 17.7 Å². The number of nitrogens with one attached hydrogen (secondary N) is 1. The molecule has 3 aromatic rings. The summed E-state index contributed by atoms with van der Waals surface area (Å²) >= 11 is 0. The van der Waals surface area contributed by atoms with Gasteiger partial charge in [0.25, 0.3) is 17.7 Å². The van der Waals surface area contributed by atoms with Gasteiger partial charge in [0.05, 0.1) is 12.1 Å². The molecule has 12 nitrogen and oxygen atoms in total. The first-order valence-electron chi connectivity index (χ1n) is 15.4. The Kier molecular flexibility index (Phi) is 6.08. The topological polar surface area (TPSA) is 147 Å². The van der Waals surface area contributed by atoms with Gasteiger partial charge >= 0.3 is 0 Å². The van der Waals surface area contributed by atoms with Gasteiger partial charge in [-0.2, -0.15) is 10.4 Å². The number of ether oxygens (including phenoxy) is 1. The molecule has 43 heavy (non-hydrogen) atoms. The van der Waals surface area contributed by atoms with Gasteiger partial charge in [0.1, 0.15) is 23.4 Å². The van der Waals surface area contributed by atoms with Crippen LogP contribution >= 0.6 is 0 Å². The van der Waals surface area contributed by atoms with Crippen molar-refractivity contribution in [3.8, 4) is 6.07 Å². The molecule has 0 spiro atoms. The number of piperidine rings is 1. The smallest absolute Gasteiger partial charge is 0.276 e. The Balaban J connectivity index is 1.24. The van der Waals surface area contributed by atoms with Crippen LogP contribution in [-0.2, 0) is 9.53 Å². The van der Waals surface area contributed by atoms with Gasteiger partial charge < -0.3 is 19.4 Å². The van der Waals surface area contributed by atoms with Crippen LogP contribution in [0.25, 0.3) is 11.1 Å². The van der Waals surface area contributed by atoms with E-state index in [1.165, 1.54) is 6.39 Å². The van der Waals surface area contributed by atoms with Gasteiger partial charge in [0.2, 0.25) is 0 Å². The number of oxazole rings is 1. The molecule has 5 atom stereocenters. The van der Waals surface area contributed by atoms with Crippen molar-refractivity contribution in [2.24, 2.45) is 11.8 Å². The second kappa shape index (κ2) is 9.91. The molecule has 2 aromatic heterocycles. The number of aromatic nitrogens is 3. The van der Waals surface area contributed by atoms with Crippen LogP contribution in [0.15, 0.2) is 29.0 Å². The first kappa shape index (κ1) is 26.4. The van der Waals surface area contributed by atoms with Crippen LogP contribution in [-0.4, -0.2) is 75.3 Å². The number of rotatable bonds is 6. The lowest BCUT2D eigenvalue weighted by Gasteiger charge is -2.39. The number of carbonyl (C=O) groups excluding carboxylic acids is 3. The van der Waals surface area contributed by atoms with Crippen LogP contribution in [0.1, 0.15) is 83.8 Å². The maximum absolute atomic E-state index is 14.4. The number of benzene rings is 1. The summed E-state index contributed by atoms with van der Waals surface area (Å²) in [4.78, 5) is 49.9. The number of anilines is 1. The molecule has 2 saturated heterocycles. The second-order valence-electron chi connectivity index (χ2n) is 12.5. The standard InChI is InChI=1S/C31H33N7O5/c1-2-36-29-25(24(16-3-4-16)26(30(36)40)34-28(39)17-5-6-23-21(12-17)33-15-43-23)27(35-38(29)19-7-9-42-10-8-19)31(41)37-20(14-32)11-18-13-22(18)37/h5-6,12,15-16,18-20,22,24,26H,2-4,7-11,13H2,1H3,(H,34,39)/t18-,20-,22+,24-,26-/m0/s1. The van der Waals surface area contributed by atoms with Crippen molar-refractivity contribution >= 4 is 34.6 Å². The minimum absolute atomic E-state index is 0.0231. The van der Waals surface area contributed by atoms with E-state index in [4.69, 9.17) is 14.3 Å². The number of nitrogens with zero attached hydrogens (tertiary/aromatic N) is 6. The number of fused-ring (bicyclic) bond motifs is 3. The van der Waals surface area contributed by atoms with E-state index in [-0.39, 0.29) is 35.7 Å². The highest BCUT2D eigenvalue weighted by molar-refractivity contribution is 6.07. The van der Waals surface area contributed by atoms with Crippen LogP contribution in [0.4, 0.5) is 5.82 Å². The van der Waals surface area contributed by atoms with Gasteiger partial charge in [-0.25, -0.2) is 9.67 Å². The molecule has 2 saturated carbocycles. The molecule has 1 aromatic carbocycles. The first-order valence-corrected chi connectivity index (χ1v) is 15.4. The molecule has 3 aliphatic heterocycles. The van der Waals surface area contributed by atoms with E-state index in [0.717, 1.165) is 37.7 Å². The Labute approximate surface area is 247 Å². The number of likely N-dealkylation sites (tertiary alicyclic amines) is 1. The predicted molar refractivity (Wildman–Crippen MR) is 152 cm³/mol. The van der Waals surface area contributed by atoms with Gasteiger partial charge in [-0.3, -0.25) is 19.3 Å². The zero-order valence-corrected chi connectivity index (χ0v) is 23.9. The average molecular weight is 584 g/mol. The monoisotopic (exact) mass is 583 g/mol. The fourth-order valence-corrected chi connectivity index (χ4v) is 7.58. The molecule has 2 aliphatic carbocycles. The minimum Gasteiger partial charge on any atom is -0.443 e. The normalized spacial score (nSPS) is 28.5. The number of likely N-dealkylation sites (N-methyl/N-ethyl adjacent to an activating group) is 1. The molecule has 5 heterocycles. The van der Waals surface area contributed by atoms with E-state index in [9.17, 15) is 19.6 Å². The Hall–Kier alpha value is -4.24. The lowest BCUT2D eigenvalue weighted by atomic mass is 9.82. The summed E-state index contributed by atoms with van der Waals surface area (Å²) < 4.78 is 12.8. The van der Waals surface area contributed by atoms with E-state index < -0.39 is 18.0 Å². The summed E-state index contributed by atoms with van der Waals surface area (Å²) in [6.45, 7) is 3.42. The first-order chi connectivity index (χ1) is 21.0. The van der Waals surface area contributed by atoms with Crippen LogP contribution in [0, 0.1) is 23.2 Å². The fourth-order valence-electron chi connectivity index (χ4n) is 7.58. The van der Waals surface area contributed by atoms with Crippen molar-refractivity contribution < 1.29 is 23.5 Å². The number of amides is 3. The molecule has 1 N–H and O–H groups in total. The minimum atomic E-state index is -0.863. The molecular weight excluding hydrogens is 550 g/mol. The molecule has 0 unspecified atom stereocenters. The maximum atomic E-state index is 14.4. The van der Waals surface area contributed by atoms with Gasteiger partial charge in [0, 0.05) is 42.8 Å². The number of hydrogen-bond acceptors (Lipinski definition) is 8. The Bertz CT molecular complexity index is 1680. The molecule has 4 fully saturated rings. The SMILES string of the molecule is CCN1C(=O)[C@@H](NC(=O)c2ccc3ocnc3c2)[C@@H](C2CC2)c2c(C(=O)N3[C@H](C#N)C[C@H]4C[C@H]43)nn(C3CCOCC3)c21. The van der Waals surface area contributed by atoms with E-state index in [0.29, 0.717) is 60.3 Å². The Morgan fingerprint density at radius 3 is 2.70 bits per heavy atom. The van der Waals surface area contributed by atoms with Crippen molar-refractivity contribution in [2.45, 2.75) is 75.5 Å². The fraction of sp³-hybridized carbons (Fsp3) is 0.548. The summed E-state index contributed by atoms with van der Waals surface area (Å²) in [5.74, 6) is -0.0792. The molecule has 12 heteroatoms. The molecule has 3 amide bonds. The highest BCUT2D eigenvalue weighted by Crippen LogP contribution is 2.53.